The van der Waals surface area contributed by atoms with Gasteiger partial charge in [0.25, 0.3) is 0 Å². The monoisotopic (exact) mass is 358 g/mol. The minimum absolute atomic E-state index is 0.00863. The standard InChI is InChI=1S/C20H26N2O4/c23-17(14-20(19(25)26)11-3-1-2-4-12-20)21-15-7-9-16(10-8-15)22-13-5-6-18(22)24/h7-10H,1-6,11-14H2,(H,21,23)(H,25,26). The fourth-order valence-electron chi connectivity index (χ4n) is 4.03. The highest BCUT2D eigenvalue weighted by Gasteiger charge is 2.40. The average molecular weight is 358 g/mol. The lowest BCUT2D eigenvalue weighted by Crippen LogP contribution is -2.35. The number of nitrogens with zero attached hydrogens (tertiary/aromatic N) is 1. The summed E-state index contributed by atoms with van der Waals surface area (Å²) in [5.74, 6) is -1.00. The normalized spacial score (nSPS) is 19.8. The van der Waals surface area contributed by atoms with E-state index in [2.05, 4.69) is 5.32 Å². The van der Waals surface area contributed by atoms with Crippen LogP contribution in [-0.2, 0) is 14.4 Å². The van der Waals surface area contributed by atoms with E-state index in [9.17, 15) is 19.5 Å². The number of carbonyl (C=O) groups excluding carboxylic acids is 2. The Kier molecular flexibility index (Phi) is 5.59. The van der Waals surface area contributed by atoms with Gasteiger partial charge in [-0.15, -0.1) is 0 Å². The molecule has 1 heterocycles. The van der Waals surface area contributed by atoms with Crippen LogP contribution in [0.2, 0.25) is 0 Å². The van der Waals surface area contributed by atoms with Gasteiger partial charge in [-0.05, 0) is 43.5 Å². The number of carbonyl (C=O) groups is 3. The van der Waals surface area contributed by atoms with Gasteiger partial charge in [0.2, 0.25) is 11.8 Å². The maximum absolute atomic E-state index is 12.5. The van der Waals surface area contributed by atoms with Gasteiger partial charge in [-0.2, -0.15) is 0 Å². The van der Waals surface area contributed by atoms with Crippen molar-refractivity contribution < 1.29 is 19.5 Å². The molecule has 1 aromatic rings. The lowest BCUT2D eigenvalue weighted by atomic mass is 9.77. The zero-order valence-corrected chi connectivity index (χ0v) is 15.0. The number of nitrogens with one attached hydrogen (secondary N) is 1. The van der Waals surface area contributed by atoms with Crippen molar-refractivity contribution in [2.24, 2.45) is 5.41 Å². The van der Waals surface area contributed by atoms with E-state index in [1.807, 2.05) is 12.1 Å². The van der Waals surface area contributed by atoms with Crippen LogP contribution in [0.25, 0.3) is 0 Å². The fraction of sp³-hybridized carbons (Fsp3) is 0.550. The molecule has 6 heteroatoms. The molecule has 1 aliphatic carbocycles. The first-order valence-electron chi connectivity index (χ1n) is 9.44. The summed E-state index contributed by atoms with van der Waals surface area (Å²) < 4.78 is 0. The van der Waals surface area contributed by atoms with Crippen molar-refractivity contribution in [3.05, 3.63) is 24.3 Å². The van der Waals surface area contributed by atoms with Gasteiger partial charge >= 0.3 is 5.97 Å². The number of benzene rings is 1. The van der Waals surface area contributed by atoms with Crippen molar-refractivity contribution >= 4 is 29.2 Å². The second kappa shape index (κ2) is 7.89. The molecule has 0 spiro atoms. The maximum atomic E-state index is 12.5. The lowest BCUT2D eigenvalue weighted by molar-refractivity contribution is -0.152. The van der Waals surface area contributed by atoms with Crippen molar-refractivity contribution in [3.63, 3.8) is 0 Å². The zero-order valence-electron chi connectivity index (χ0n) is 15.0. The van der Waals surface area contributed by atoms with E-state index in [0.29, 0.717) is 24.9 Å². The number of hydrogen-bond donors (Lipinski definition) is 2. The van der Waals surface area contributed by atoms with Crippen LogP contribution in [0.1, 0.15) is 57.8 Å². The number of anilines is 2. The van der Waals surface area contributed by atoms with E-state index in [0.717, 1.165) is 44.3 Å². The summed E-state index contributed by atoms with van der Waals surface area (Å²) in [4.78, 5) is 37.8. The van der Waals surface area contributed by atoms with Crippen molar-refractivity contribution in [1.82, 2.24) is 0 Å². The smallest absolute Gasteiger partial charge is 0.310 e. The molecule has 0 atom stereocenters. The zero-order chi connectivity index (χ0) is 18.6. The summed E-state index contributed by atoms with van der Waals surface area (Å²) in [5, 5.41) is 12.5. The summed E-state index contributed by atoms with van der Waals surface area (Å²) in [6, 6.07) is 7.16. The van der Waals surface area contributed by atoms with Crippen LogP contribution < -0.4 is 10.2 Å². The lowest BCUT2D eigenvalue weighted by Gasteiger charge is -2.27. The highest BCUT2D eigenvalue weighted by Crippen LogP contribution is 2.38. The van der Waals surface area contributed by atoms with Gasteiger partial charge in [0.15, 0.2) is 0 Å². The Morgan fingerprint density at radius 3 is 2.23 bits per heavy atom. The topological polar surface area (TPSA) is 86.7 Å². The molecular weight excluding hydrogens is 332 g/mol. The van der Waals surface area contributed by atoms with Crippen LogP contribution >= 0.6 is 0 Å². The average Bonchev–Trinajstić information content (AvgIpc) is 2.89. The summed E-state index contributed by atoms with van der Waals surface area (Å²) in [7, 11) is 0. The highest BCUT2D eigenvalue weighted by molar-refractivity contribution is 5.96. The molecule has 2 N–H and O–H groups in total. The predicted molar refractivity (Wildman–Crippen MR) is 99.0 cm³/mol. The third kappa shape index (κ3) is 4.06. The molecule has 1 saturated heterocycles. The summed E-state index contributed by atoms with van der Waals surface area (Å²) in [5.41, 5.74) is 0.513. The number of amides is 2. The molecule has 2 aliphatic rings. The Balaban J connectivity index is 1.63. The molecule has 1 aromatic carbocycles. The first kappa shape index (κ1) is 18.4. The molecule has 0 unspecified atom stereocenters. The Bertz CT molecular complexity index is 676. The molecule has 0 radical (unpaired) electrons. The molecule has 2 amide bonds. The summed E-state index contributed by atoms with van der Waals surface area (Å²) in [6.45, 7) is 0.728. The Morgan fingerprint density at radius 2 is 1.69 bits per heavy atom. The SMILES string of the molecule is O=C(CC1(C(=O)O)CCCCCC1)Nc1ccc(N2CCCC2=O)cc1. The number of hydrogen-bond acceptors (Lipinski definition) is 3. The quantitative estimate of drug-likeness (QED) is 0.788. The van der Waals surface area contributed by atoms with E-state index in [-0.39, 0.29) is 18.2 Å². The Labute approximate surface area is 153 Å². The van der Waals surface area contributed by atoms with Gasteiger partial charge in [0.1, 0.15) is 0 Å². The number of carboxylic acid groups (broad SMARTS) is 1. The molecule has 1 saturated carbocycles. The Morgan fingerprint density at radius 1 is 1.04 bits per heavy atom. The molecular formula is C20H26N2O4. The second-order valence-electron chi connectivity index (χ2n) is 7.42. The van der Waals surface area contributed by atoms with E-state index < -0.39 is 11.4 Å². The second-order valence-corrected chi connectivity index (χ2v) is 7.42. The van der Waals surface area contributed by atoms with Crippen molar-refractivity contribution in [2.75, 3.05) is 16.8 Å². The minimum atomic E-state index is -0.942. The van der Waals surface area contributed by atoms with Crippen LogP contribution in [0.5, 0.6) is 0 Å². The van der Waals surface area contributed by atoms with Gasteiger partial charge in [-0.25, -0.2) is 0 Å². The number of aliphatic carboxylic acids is 1. The summed E-state index contributed by atoms with van der Waals surface area (Å²) >= 11 is 0. The fourth-order valence-corrected chi connectivity index (χ4v) is 4.03. The minimum Gasteiger partial charge on any atom is -0.481 e. The van der Waals surface area contributed by atoms with E-state index >= 15 is 0 Å². The molecule has 2 fully saturated rings. The summed E-state index contributed by atoms with van der Waals surface area (Å²) in [6.07, 6.45) is 6.37. The first-order chi connectivity index (χ1) is 12.5. The predicted octanol–water partition coefficient (Wildman–Crippen LogP) is 3.57. The van der Waals surface area contributed by atoms with Crippen LogP contribution in [0.4, 0.5) is 11.4 Å². The van der Waals surface area contributed by atoms with Gasteiger partial charge in [-0.3, -0.25) is 14.4 Å². The largest absolute Gasteiger partial charge is 0.481 e. The number of carboxylic acids is 1. The van der Waals surface area contributed by atoms with Gasteiger partial charge < -0.3 is 15.3 Å². The van der Waals surface area contributed by atoms with Crippen molar-refractivity contribution in [2.45, 2.75) is 57.8 Å². The third-order valence-electron chi connectivity index (χ3n) is 5.55. The molecule has 0 bridgehead atoms. The molecule has 140 valence electrons. The van der Waals surface area contributed by atoms with Gasteiger partial charge in [-0.1, -0.05) is 25.7 Å². The Hall–Kier alpha value is -2.37. The van der Waals surface area contributed by atoms with Gasteiger partial charge in [0.05, 0.1) is 5.41 Å². The highest BCUT2D eigenvalue weighted by atomic mass is 16.4. The molecule has 26 heavy (non-hydrogen) atoms. The van der Waals surface area contributed by atoms with E-state index in [1.165, 1.54) is 0 Å². The first-order valence-corrected chi connectivity index (χ1v) is 9.44. The third-order valence-corrected chi connectivity index (χ3v) is 5.55. The van der Waals surface area contributed by atoms with Crippen LogP contribution in [0.3, 0.4) is 0 Å². The van der Waals surface area contributed by atoms with Crippen molar-refractivity contribution in [3.8, 4) is 0 Å². The van der Waals surface area contributed by atoms with E-state index in [4.69, 9.17) is 0 Å². The maximum Gasteiger partial charge on any atom is 0.310 e. The van der Waals surface area contributed by atoms with Crippen LogP contribution in [0, 0.1) is 5.41 Å². The van der Waals surface area contributed by atoms with Crippen molar-refractivity contribution in [1.29, 1.82) is 0 Å². The molecule has 1 aliphatic heterocycles. The molecule has 0 aromatic heterocycles. The van der Waals surface area contributed by atoms with Crippen LogP contribution in [-0.4, -0.2) is 29.4 Å². The molecule has 6 nitrogen and oxygen atoms in total. The molecule has 3 rings (SSSR count). The van der Waals surface area contributed by atoms with Gasteiger partial charge in [0, 0.05) is 30.8 Å². The van der Waals surface area contributed by atoms with E-state index in [1.54, 1.807) is 17.0 Å². The number of rotatable bonds is 5. The van der Waals surface area contributed by atoms with Crippen LogP contribution in [0.15, 0.2) is 24.3 Å².